The van der Waals surface area contributed by atoms with Crippen molar-refractivity contribution in [3.63, 3.8) is 0 Å². The molecule has 1 aliphatic heterocycles. The van der Waals surface area contributed by atoms with E-state index in [4.69, 9.17) is 0 Å². The highest BCUT2D eigenvalue weighted by molar-refractivity contribution is 8.00. The Hall–Kier alpha value is -0.270. The van der Waals surface area contributed by atoms with Gasteiger partial charge in [0.2, 0.25) is 5.91 Å². The second kappa shape index (κ2) is 5.18. The minimum Gasteiger partial charge on any atom is -0.323 e. The van der Waals surface area contributed by atoms with Crippen LogP contribution in [0.25, 0.3) is 0 Å². The molecule has 0 spiro atoms. The Morgan fingerprint density at radius 2 is 2.27 bits per heavy atom. The lowest BCUT2D eigenvalue weighted by atomic mass is 10.4. The van der Waals surface area contributed by atoms with Crippen molar-refractivity contribution in [3.05, 3.63) is 0 Å². The number of nitrogens with one attached hydrogen (secondary N) is 1. The maximum Gasteiger partial charge on any atom is 0.237 e. The molecular weight excluding hydrogens is 236 g/mol. The molecule has 1 fully saturated rings. The molecule has 1 aliphatic rings. The van der Waals surface area contributed by atoms with E-state index in [0.717, 1.165) is 5.75 Å². The first kappa shape index (κ1) is 12.8. The van der Waals surface area contributed by atoms with E-state index in [1.807, 2.05) is 0 Å². The molecule has 1 saturated heterocycles. The second-order valence-corrected chi connectivity index (χ2v) is 6.83. The zero-order chi connectivity index (χ0) is 11.5. The fourth-order valence-electron chi connectivity index (χ4n) is 1.47. The van der Waals surface area contributed by atoms with Crippen LogP contribution in [0.2, 0.25) is 0 Å². The summed E-state index contributed by atoms with van der Waals surface area (Å²) in [4.78, 5) is 13.1. The standard InChI is InChI=1S/C8H16N2O3S2/c1-9-5-7(11)10-3-4-14-6-8(10)15(2,12)13/h8-9H,3-6H2,1-2H3. The van der Waals surface area contributed by atoms with Gasteiger partial charge in [0, 0.05) is 24.3 Å². The Morgan fingerprint density at radius 3 is 2.80 bits per heavy atom. The van der Waals surface area contributed by atoms with Crippen LogP contribution in [0.3, 0.4) is 0 Å². The Bertz CT molecular complexity index is 329. The minimum absolute atomic E-state index is 0.145. The lowest BCUT2D eigenvalue weighted by Gasteiger charge is -2.34. The molecule has 0 aromatic rings. The van der Waals surface area contributed by atoms with Gasteiger partial charge in [0.05, 0.1) is 6.54 Å². The second-order valence-electron chi connectivity index (χ2n) is 3.48. The summed E-state index contributed by atoms with van der Waals surface area (Å²) < 4.78 is 23.0. The van der Waals surface area contributed by atoms with E-state index < -0.39 is 15.2 Å². The number of thioether (sulfide) groups is 1. The van der Waals surface area contributed by atoms with Gasteiger partial charge < -0.3 is 10.2 Å². The van der Waals surface area contributed by atoms with E-state index in [1.54, 1.807) is 18.8 Å². The minimum atomic E-state index is -3.18. The van der Waals surface area contributed by atoms with Gasteiger partial charge >= 0.3 is 0 Å². The normalized spacial score (nSPS) is 22.8. The Balaban J connectivity index is 2.79. The fraction of sp³-hybridized carbons (Fsp3) is 0.875. The average Bonchev–Trinajstić information content (AvgIpc) is 2.17. The highest BCUT2D eigenvalue weighted by Gasteiger charge is 2.33. The highest BCUT2D eigenvalue weighted by atomic mass is 32.2. The summed E-state index contributed by atoms with van der Waals surface area (Å²) in [6.07, 6.45) is 1.18. The molecule has 5 nitrogen and oxygen atoms in total. The third-order valence-corrected chi connectivity index (χ3v) is 4.87. The van der Waals surface area contributed by atoms with Crippen LogP contribution < -0.4 is 5.32 Å². The first-order valence-electron chi connectivity index (χ1n) is 4.67. The molecule has 1 amide bonds. The van der Waals surface area contributed by atoms with Crippen LogP contribution in [0.4, 0.5) is 0 Å². The predicted molar refractivity (Wildman–Crippen MR) is 61.6 cm³/mol. The summed E-state index contributed by atoms with van der Waals surface area (Å²) in [5, 5.41) is 2.09. The van der Waals surface area contributed by atoms with Crippen molar-refractivity contribution in [1.82, 2.24) is 10.2 Å². The summed E-state index contributed by atoms with van der Waals surface area (Å²) in [6.45, 7) is 0.708. The summed E-state index contributed by atoms with van der Waals surface area (Å²) in [7, 11) is -1.51. The molecule has 0 bridgehead atoms. The fourth-order valence-corrected chi connectivity index (χ4v) is 4.31. The maximum atomic E-state index is 11.6. The number of carbonyl (C=O) groups is 1. The van der Waals surface area contributed by atoms with Crippen LogP contribution in [0.5, 0.6) is 0 Å². The maximum absolute atomic E-state index is 11.6. The molecular formula is C8H16N2O3S2. The van der Waals surface area contributed by atoms with Gasteiger partial charge in [-0.25, -0.2) is 8.42 Å². The monoisotopic (exact) mass is 252 g/mol. The van der Waals surface area contributed by atoms with E-state index >= 15 is 0 Å². The number of rotatable bonds is 3. The molecule has 1 N–H and O–H groups in total. The van der Waals surface area contributed by atoms with Crippen LogP contribution in [0, 0.1) is 0 Å². The van der Waals surface area contributed by atoms with Gasteiger partial charge in [-0.3, -0.25) is 4.79 Å². The zero-order valence-electron chi connectivity index (χ0n) is 8.89. The third kappa shape index (κ3) is 3.35. The molecule has 0 radical (unpaired) electrons. The molecule has 7 heteroatoms. The van der Waals surface area contributed by atoms with Gasteiger partial charge in [-0.1, -0.05) is 0 Å². The molecule has 1 rings (SSSR count). The third-order valence-electron chi connectivity index (χ3n) is 2.23. The topological polar surface area (TPSA) is 66.5 Å². The van der Waals surface area contributed by atoms with Gasteiger partial charge in [-0.15, -0.1) is 0 Å². The van der Waals surface area contributed by atoms with E-state index in [9.17, 15) is 13.2 Å². The summed E-state index contributed by atoms with van der Waals surface area (Å²) >= 11 is 1.58. The van der Waals surface area contributed by atoms with E-state index in [-0.39, 0.29) is 12.5 Å². The zero-order valence-corrected chi connectivity index (χ0v) is 10.5. The van der Waals surface area contributed by atoms with Crippen LogP contribution in [-0.4, -0.2) is 62.5 Å². The highest BCUT2D eigenvalue weighted by Crippen LogP contribution is 2.20. The SMILES string of the molecule is CNCC(=O)N1CCSCC1S(C)(=O)=O. The van der Waals surface area contributed by atoms with E-state index in [2.05, 4.69) is 5.32 Å². The van der Waals surface area contributed by atoms with Crippen LogP contribution in [-0.2, 0) is 14.6 Å². The molecule has 1 atom stereocenters. The molecule has 1 unspecified atom stereocenters. The van der Waals surface area contributed by atoms with Gasteiger partial charge in [0.25, 0.3) is 0 Å². The lowest BCUT2D eigenvalue weighted by molar-refractivity contribution is -0.130. The average molecular weight is 252 g/mol. The summed E-state index contributed by atoms with van der Waals surface area (Å²) in [6, 6.07) is 0. The van der Waals surface area contributed by atoms with E-state index in [0.29, 0.717) is 12.3 Å². The smallest absolute Gasteiger partial charge is 0.237 e. The molecule has 88 valence electrons. The van der Waals surface area contributed by atoms with Crippen molar-refractivity contribution in [2.75, 3.05) is 37.9 Å². The van der Waals surface area contributed by atoms with Gasteiger partial charge in [-0.2, -0.15) is 11.8 Å². The van der Waals surface area contributed by atoms with Crippen molar-refractivity contribution < 1.29 is 13.2 Å². The molecule has 0 aromatic carbocycles. The largest absolute Gasteiger partial charge is 0.323 e. The van der Waals surface area contributed by atoms with Gasteiger partial charge in [-0.05, 0) is 7.05 Å². The van der Waals surface area contributed by atoms with Crippen LogP contribution in [0.15, 0.2) is 0 Å². The van der Waals surface area contributed by atoms with Crippen molar-refractivity contribution in [3.8, 4) is 0 Å². The predicted octanol–water partition coefficient (Wildman–Crippen LogP) is -0.848. The number of likely N-dealkylation sites (N-methyl/N-ethyl adjacent to an activating group) is 1. The molecule has 0 saturated carbocycles. The van der Waals surface area contributed by atoms with Crippen LogP contribution in [0.1, 0.15) is 0 Å². The van der Waals surface area contributed by atoms with Crippen molar-refractivity contribution in [1.29, 1.82) is 0 Å². The Morgan fingerprint density at radius 1 is 1.60 bits per heavy atom. The Kier molecular flexibility index (Phi) is 4.42. The van der Waals surface area contributed by atoms with Gasteiger partial charge in [0.15, 0.2) is 9.84 Å². The number of carbonyl (C=O) groups excluding carboxylic acids is 1. The molecule has 1 heterocycles. The summed E-state index contributed by atoms with van der Waals surface area (Å²) in [5.41, 5.74) is 0. The number of hydrogen-bond donors (Lipinski definition) is 1. The van der Waals surface area contributed by atoms with Crippen molar-refractivity contribution >= 4 is 27.5 Å². The molecule has 0 aliphatic carbocycles. The molecule has 15 heavy (non-hydrogen) atoms. The van der Waals surface area contributed by atoms with E-state index in [1.165, 1.54) is 11.2 Å². The summed E-state index contributed by atoms with van der Waals surface area (Å²) in [5.74, 6) is 1.14. The number of amides is 1. The first-order valence-corrected chi connectivity index (χ1v) is 7.78. The van der Waals surface area contributed by atoms with Crippen molar-refractivity contribution in [2.24, 2.45) is 0 Å². The van der Waals surface area contributed by atoms with Crippen LogP contribution >= 0.6 is 11.8 Å². The first-order chi connectivity index (χ1) is 6.96. The van der Waals surface area contributed by atoms with Crippen molar-refractivity contribution in [2.45, 2.75) is 5.37 Å². The number of nitrogens with zero attached hydrogens (tertiary/aromatic N) is 1. The number of sulfone groups is 1. The lowest BCUT2D eigenvalue weighted by Crippen LogP contribution is -2.52. The molecule has 0 aromatic heterocycles. The quantitative estimate of drug-likeness (QED) is 0.709. The number of hydrogen-bond acceptors (Lipinski definition) is 5. The van der Waals surface area contributed by atoms with Gasteiger partial charge in [0.1, 0.15) is 5.37 Å². The Labute approximate surface area is 94.5 Å².